The van der Waals surface area contributed by atoms with Crippen LogP contribution in [0.15, 0.2) is 72.8 Å². The molecule has 0 atom stereocenters. The van der Waals surface area contributed by atoms with Gasteiger partial charge in [0.15, 0.2) is 0 Å². The number of nitrogens with zero attached hydrogens (tertiary/aromatic N) is 1. The Hall–Kier alpha value is -3.67. The monoisotopic (exact) mass is 362 g/mol. The van der Waals surface area contributed by atoms with Crippen LogP contribution in [0.5, 0.6) is 5.75 Å². The number of ether oxygens (including phenoxy) is 1. The molecule has 0 heterocycles. The molecule has 0 saturated carbocycles. The minimum atomic E-state index is -0.512. The van der Waals surface area contributed by atoms with Gasteiger partial charge in [0.1, 0.15) is 18.0 Å². The minimum absolute atomic E-state index is 0.139. The number of nitro benzene ring substituents is 1. The van der Waals surface area contributed by atoms with E-state index in [9.17, 15) is 14.9 Å². The second-order valence-corrected chi connectivity index (χ2v) is 6.03. The van der Waals surface area contributed by atoms with Crippen molar-refractivity contribution in [1.29, 1.82) is 0 Å². The zero-order valence-electron chi connectivity index (χ0n) is 14.7. The quantitative estimate of drug-likeness (QED) is 0.507. The second kappa shape index (κ2) is 8.14. The SMILES string of the molecule is Cc1ccc(NC(=O)c2cccc(OCc3ccccc3)c2)c([N+](=O)[O-])c1. The van der Waals surface area contributed by atoms with E-state index in [2.05, 4.69) is 5.32 Å². The van der Waals surface area contributed by atoms with Crippen LogP contribution in [0.2, 0.25) is 0 Å². The van der Waals surface area contributed by atoms with Crippen molar-refractivity contribution in [2.75, 3.05) is 5.32 Å². The zero-order chi connectivity index (χ0) is 19.2. The Morgan fingerprint density at radius 1 is 1.04 bits per heavy atom. The van der Waals surface area contributed by atoms with Gasteiger partial charge in [-0.1, -0.05) is 42.5 Å². The van der Waals surface area contributed by atoms with Gasteiger partial charge in [-0.2, -0.15) is 0 Å². The predicted octanol–water partition coefficient (Wildman–Crippen LogP) is 4.73. The number of nitrogens with one attached hydrogen (secondary N) is 1. The Labute approximate surface area is 156 Å². The van der Waals surface area contributed by atoms with E-state index in [-0.39, 0.29) is 11.4 Å². The molecule has 1 N–H and O–H groups in total. The second-order valence-electron chi connectivity index (χ2n) is 6.03. The van der Waals surface area contributed by atoms with Crippen LogP contribution in [0.25, 0.3) is 0 Å². The lowest BCUT2D eigenvalue weighted by Crippen LogP contribution is -2.13. The molecule has 1 amide bonds. The summed E-state index contributed by atoms with van der Waals surface area (Å²) in [7, 11) is 0. The normalized spacial score (nSPS) is 10.3. The largest absolute Gasteiger partial charge is 0.489 e. The van der Waals surface area contributed by atoms with Crippen molar-refractivity contribution in [2.45, 2.75) is 13.5 Å². The summed E-state index contributed by atoms with van der Waals surface area (Å²) in [6.45, 7) is 2.14. The predicted molar refractivity (Wildman–Crippen MR) is 103 cm³/mol. The van der Waals surface area contributed by atoms with Crippen molar-refractivity contribution in [1.82, 2.24) is 0 Å². The van der Waals surface area contributed by atoms with Gasteiger partial charge < -0.3 is 10.1 Å². The fraction of sp³-hybridized carbons (Fsp3) is 0.0952. The molecule has 6 nitrogen and oxygen atoms in total. The van der Waals surface area contributed by atoms with E-state index >= 15 is 0 Å². The van der Waals surface area contributed by atoms with Gasteiger partial charge >= 0.3 is 0 Å². The Morgan fingerprint density at radius 2 is 1.81 bits per heavy atom. The molecule has 0 radical (unpaired) electrons. The highest BCUT2D eigenvalue weighted by atomic mass is 16.6. The molecule has 0 aliphatic carbocycles. The first-order valence-corrected chi connectivity index (χ1v) is 8.36. The Balaban J connectivity index is 1.73. The van der Waals surface area contributed by atoms with Crippen molar-refractivity contribution in [3.05, 3.63) is 99.6 Å². The van der Waals surface area contributed by atoms with Gasteiger partial charge in [-0.3, -0.25) is 14.9 Å². The number of hydrogen-bond donors (Lipinski definition) is 1. The first-order chi connectivity index (χ1) is 13.0. The van der Waals surface area contributed by atoms with Crippen molar-refractivity contribution in [3.8, 4) is 5.75 Å². The topological polar surface area (TPSA) is 81.5 Å². The summed E-state index contributed by atoms with van der Waals surface area (Å²) < 4.78 is 5.72. The molecule has 0 spiro atoms. The van der Waals surface area contributed by atoms with E-state index in [1.54, 1.807) is 37.3 Å². The van der Waals surface area contributed by atoms with Crippen LogP contribution in [0.3, 0.4) is 0 Å². The molecule has 0 aliphatic heterocycles. The summed E-state index contributed by atoms with van der Waals surface area (Å²) in [5, 5.41) is 13.8. The maximum absolute atomic E-state index is 12.5. The van der Waals surface area contributed by atoms with Crippen molar-refractivity contribution in [3.63, 3.8) is 0 Å². The number of rotatable bonds is 6. The van der Waals surface area contributed by atoms with Gasteiger partial charge in [-0.25, -0.2) is 0 Å². The summed E-state index contributed by atoms with van der Waals surface area (Å²) in [6.07, 6.45) is 0. The number of hydrogen-bond acceptors (Lipinski definition) is 4. The van der Waals surface area contributed by atoms with E-state index < -0.39 is 10.8 Å². The number of carbonyl (C=O) groups is 1. The van der Waals surface area contributed by atoms with Gasteiger partial charge in [0.05, 0.1) is 4.92 Å². The standard InChI is InChI=1S/C21H18N2O4/c1-15-10-11-19(20(12-15)23(25)26)22-21(24)17-8-5-9-18(13-17)27-14-16-6-3-2-4-7-16/h2-13H,14H2,1H3,(H,22,24). The highest BCUT2D eigenvalue weighted by Gasteiger charge is 2.17. The average molecular weight is 362 g/mol. The molecule has 0 aromatic heterocycles. The Morgan fingerprint density at radius 3 is 2.56 bits per heavy atom. The first-order valence-electron chi connectivity index (χ1n) is 8.36. The fourth-order valence-corrected chi connectivity index (χ4v) is 2.56. The molecule has 0 saturated heterocycles. The third-order valence-electron chi connectivity index (χ3n) is 3.94. The molecular weight excluding hydrogens is 344 g/mol. The average Bonchev–Trinajstić information content (AvgIpc) is 2.68. The molecule has 0 fully saturated rings. The highest BCUT2D eigenvalue weighted by molar-refractivity contribution is 6.05. The number of benzene rings is 3. The van der Waals surface area contributed by atoms with Crippen molar-refractivity contribution < 1.29 is 14.5 Å². The maximum atomic E-state index is 12.5. The smallest absolute Gasteiger partial charge is 0.293 e. The molecule has 3 aromatic rings. The molecule has 3 rings (SSSR count). The summed E-state index contributed by atoms with van der Waals surface area (Å²) in [5.41, 5.74) is 2.14. The molecule has 0 unspecified atom stereocenters. The van der Waals surface area contributed by atoms with Gasteiger partial charge in [0.2, 0.25) is 0 Å². The van der Waals surface area contributed by atoms with Crippen LogP contribution in [-0.2, 0) is 6.61 Å². The number of amides is 1. The molecule has 3 aromatic carbocycles. The molecule has 6 heteroatoms. The molecule has 0 bridgehead atoms. The van der Waals surface area contributed by atoms with E-state index in [1.165, 1.54) is 12.1 Å². The van der Waals surface area contributed by atoms with Crippen LogP contribution < -0.4 is 10.1 Å². The van der Waals surface area contributed by atoms with Gasteiger partial charge in [0, 0.05) is 11.6 Å². The lowest BCUT2D eigenvalue weighted by molar-refractivity contribution is -0.384. The van der Waals surface area contributed by atoms with Crippen LogP contribution in [0.4, 0.5) is 11.4 Å². The number of aryl methyl sites for hydroxylation is 1. The number of nitro groups is 1. The Bertz CT molecular complexity index is 971. The van der Waals surface area contributed by atoms with E-state index in [0.29, 0.717) is 17.9 Å². The van der Waals surface area contributed by atoms with Gasteiger partial charge in [-0.05, 0) is 42.3 Å². The molecule has 0 aliphatic rings. The highest BCUT2D eigenvalue weighted by Crippen LogP contribution is 2.26. The number of carbonyl (C=O) groups excluding carboxylic acids is 1. The maximum Gasteiger partial charge on any atom is 0.293 e. The third kappa shape index (κ3) is 4.70. The summed E-state index contributed by atoms with van der Waals surface area (Å²) in [6, 6.07) is 21.1. The lowest BCUT2D eigenvalue weighted by atomic mass is 10.1. The van der Waals surface area contributed by atoms with E-state index in [4.69, 9.17) is 4.74 Å². The van der Waals surface area contributed by atoms with Gasteiger partial charge in [-0.15, -0.1) is 0 Å². The Kier molecular flexibility index (Phi) is 5.47. The van der Waals surface area contributed by atoms with Crippen LogP contribution in [-0.4, -0.2) is 10.8 Å². The van der Waals surface area contributed by atoms with Crippen LogP contribution in [0, 0.1) is 17.0 Å². The van der Waals surface area contributed by atoms with Gasteiger partial charge in [0.25, 0.3) is 11.6 Å². The third-order valence-corrected chi connectivity index (χ3v) is 3.94. The van der Waals surface area contributed by atoms with E-state index in [0.717, 1.165) is 11.1 Å². The molecule has 27 heavy (non-hydrogen) atoms. The number of anilines is 1. The first kappa shape index (κ1) is 18.1. The van der Waals surface area contributed by atoms with E-state index in [1.807, 2.05) is 30.3 Å². The molecular formula is C21H18N2O4. The zero-order valence-corrected chi connectivity index (χ0v) is 14.7. The summed E-state index contributed by atoms with van der Waals surface area (Å²) in [4.78, 5) is 23.2. The summed E-state index contributed by atoms with van der Waals surface area (Å²) >= 11 is 0. The summed E-state index contributed by atoms with van der Waals surface area (Å²) in [5.74, 6) is 0.108. The van der Waals surface area contributed by atoms with Crippen LogP contribution >= 0.6 is 0 Å². The van der Waals surface area contributed by atoms with Crippen molar-refractivity contribution >= 4 is 17.3 Å². The van der Waals surface area contributed by atoms with Crippen molar-refractivity contribution in [2.24, 2.45) is 0 Å². The molecule has 136 valence electrons. The lowest BCUT2D eigenvalue weighted by Gasteiger charge is -2.09. The fourth-order valence-electron chi connectivity index (χ4n) is 2.56. The minimum Gasteiger partial charge on any atom is -0.489 e. The van der Waals surface area contributed by atoms with Crippen LogP contribution in [0.1, 0.15) is 21.5 Å².